The van der Waals surface area contributed by atoms with E-state index in [4.69, 9.17) is 9.84 Å². The van der Waals surface area contributed by atoms with Gasteiger partial charge in [-0.05, 0) is 26.0 Å². The number of nitrogens with one attached hydrogen (secondary N) is 1. The molecule has 0 saturated heterocycles. The van der Waals surface area contributed by atoms with Crippen molar-refractivity contribution in [1.82, 2.24) is 4.98 Å². The summed E-state index contributed by atoms with van der Waals surface area (Å²) in [6.45, 7) is 3.68. The largest absolute Gasteiger partial charge is 0.478 e. The highest BCUT2D eigenvalue weighted by molar-refractivity contribution is 6.13. The Kier molecular flexibility index (Phi) is 3.06. The van der Waals surface area contributed by atoms with Gasteiger partial charge in [0, 0.05) is 16.6 Å². The Balaban J connectivity index is 2.75. The molecule has 0 aliphatic rings. The normalized spacial score (nSPS) is 10.6. The predicted molar refractivity (Wildman–Crippen MR) is 66.0 cm³/mol. The lowest BCUT2D eigenvalue weighted by Crippen LogP contribution is -2.07. The van der Waals surface area contributed by atoms with Crippen molar-refractivity contribution in [3.05, 3.63) is 35.0 Å². The average molecular weight is 247 g/mol. The molecule has 5 heteroatoms. The van der Waals surface area contributed by atoms with Crippen LogP contribution in [0.3, 0.4) is 0 Å². The van der Waals surface area contributed by atoms with Crippen molar-refractivity contribution in [1.29, 1.82) is 0 Å². The van der Waals surface area contributed by atoms with E-state index >= 15 is 0 Å². The molecule has 0 aliphatic carbocycles. The summed E-state index contributed by atoms with van der Waals surface area (Å²) in [5, 5.41) is 9.57. The van der Waals surface area contributed by atoms with Crippen molar-refractivity contribution in [3.8, 4) is 0 Å². The lowest BCUT2D eigenvalue weighted by atomic mass is 10.1. The number of carbonyl (C=O) groups excluding carboxylic acids is 1. The van der Waals surface area contributed by atoms with E-state index in [1.165, 1.54) is 6.07 Å². The number of H-pyrrole nitrogens is 1. The molecule has 0 fully saturated rings. The minimum Gasteiger partial charge on any atom is -0.478 e. The fourth-order valence-corrected chi connectivity index (χ4v) is 2.01. The van der Waals surface area contributed by atoms with Gasteiger partial charge in [0.1, 0.15) is 0 Å². The molecule has 0 bridgehead atoms. The molecule has 0 amide bonds. The first kappa shape index (κ1) is 12.2. The first-order valence-electron chi connectivity index (χ1n) is 5.58. The van der Waals surface area contributed by atoms with Gasteiger partial charge in [-0.25, -0.2) is 9.59 Å². The minimum atomic E-state index is -1.06. The molecule has 0 spiro atoms. The fourth-order valence-electron chi connectivity index (χ4n) is 2.01. The first-order chi connectivity index (χ1) is 8.56. The number of aromatic nitrogens is 1. The fraction of sp³-hybridized carbons (Fsp3) is 0.231. The number of fused-ring (bicyclic) bond motifs is 1. The van der Waals surface area contributed by atoms with Gasteiger partial charge in [0.15, 0.2) is 0 Å². The molecular formula is C13H13NO4. The van der Waals surface area contributed by atoms with Gasteiger partial charge >= 0.3 is 11.9 Å². The summed E-state index contributed by atoms with van der Waals surface area (Å²) in [5.41, 5.74) is 1.62. The number of benzene rings is 1. The second kappa shape index (κ2) is 4.52. The topological polar surface area (TPSA) is 79.4 Å². The number of ether oxygens (including phenoxy) is 1. The van der Waals surface area contributed by atoms with Crippen LogP contribution in [0.4, 0.5) is 0 Å². The van der Waals surface area contributed by atoms with Crippen LogP contribution < -0.4 is 0 Å². The Morgan fingerprint density at radius 2 is 2.11 bits per heavy atom. The number of hydrogen-bond donors (Lipinski definition) is 2. The Labute approximate surface area is 103 Å². The summed E-state index contributed by atoms with van der Waals surface area (Å²) < 4.78 is 4.96. The summed E-state index contributed by atoms with van der Waals surface area (Å²) in [6, 6.07) is 4.84. The number of aromatic amines is 1. The van der Waals surface area contributed by atoms with Crippen molar-refractivity contribution < 1.29 is 19.4 Å². The highest BCUT2D eigenvalue weighted by Crippen LogP contribution is 2.26. The maximum atomic E-state index is 11.9. The molecule has 1 heterocycles. The van der Waals surface area contributed by atoms with Gasteiger partial charge in [-0.15, -0.1) is 0 Å². The molecule has 0 aliphatic heterocycles. The summed E-state index contributed by atoms with van der Waals surface area (Å²) in [5.74, 6) is -1.57. The van der Waals surface area contributed by atoms with Crippen LogP contribution in [-0.4, -0.2) is 28.6 Å². The van der Waals surface area contributed by atoms with Gasteiger partial charge in [0.05, 0.1) is 17.7 Å². The molecule has 0 radical (unpaired) electrons. The van der Waals surface area contributed by atoms with Crippen LogP contribution >= 0.6 is 0 Å². The zero-order chi connectivity index (χ0) is 13.3. The number of carboxylic acid groups (broad SMARTS) is 1. The summed E-state index contributed by atoms with van der Waals surface area (Å²) in [6.07, 6.45) is 0. The van der Waals surface area contributed by atoms with Crippen molar-refractivity contribution in [2.24, 2.45) is 0 Å². The molecule has 0 atom stereocenters. The Morgan fingerprint density at radius 3 is 2.72 bits per heavy atom. The second-order valence-corrected chi connectivity index (χ2v) is 3.88. The molecule has 5 nitrogen and oxygen atoms in total. The van der Waals surface area contributed by atoms with E-state index in [0.29, 0.717) is 22.2 Å². The van der Waals surface area contributed by atoms with E-state index in [1.807, 2.05) is 0 Å². The van der Waals surface area contributed by atoms with Crippen molar-refractivity contribution in [3.63, 3.8) is 0 Å². The number of carbonyl (C=O) groups is 2. The highest BCUT2D eigenvalue weighted by atomic mass is 16.5. The average Bonchev–Trinajstić information content (AvgIpc) is 2.64. The zero-order valence-electron chi connectivity index (χ0n) is 10.1. The van der Waals surface area contributed by atoms with Crippen LogP contribution in [0.25, 0.3) is 10.9 Å². The predicted octanol–water partition coefficient (Wildman–Crippen LogP) is 2.35. The first-order valence-corrected chi connectivity index (χ1v) is 5.58. The molecule has 0 unspecified atom stereocenters. The molecule has 1 aromatic heterocycles. The zero-order valence-corrected chi connectivity index (χ0v) is 10.1. The van der Waals surface area contributed by atoms with Crippen LogP contribution in [0.5, 0.6) is 0 Å². The lowest BCUT2D eigenvalue weighted by molar-refractivity contribution is 0.0528. The smallest absolute Gasteiger partial charge is 0.340 e. The van der Waals surface area contributed by atoms with E-state index in [2.05, 4.69) is 4.98 Å². The molecule has 1 aromatic carbocycles. The third kappa shape index (κ3) is 1.84. The van der Waals surface area contributed by atoms with Crippen molar-refractivity contribution >= 4 is 22.8 Å². The van der Waals surface area contributed by atoms with E-state index in [-0.39, 0.29) is 12.2 Å². The number of esters is 1. The monoisotopic (exact) mass is 247 g/mol. The van der Waals surface area contributed by atoms with Gasteiger partial charge in [-0.3, -0.25) is 0 Å². The van der Waals surface area contributed by atoms with Crippen molar-refractivity contribution in [2.45, 2.75) is 13.8 Å². The van der Waals surface area contributed by atoms with E-state index in [9.17, 15) is 9.59 Å². The second-order valence-electron chi connectivity index (χ2n) is 3.88. The summed E-state index contributed by atoms with van der Waals surface area (Å²) >= 11 is 0. The van der Waals surface area contributed by atoms with Crippen LogP contribution in [0.2, 0.25) is 0 Å². The van der Waals surface area contributed by atoms with Crippen LogP contribution in [0, 0.1) is 6.92 Å². The van der Waals surface area contributed by atoms with E-state index in [1.54, 1.807) is 26.0 Å². The van der Waals surface area contributed by atoms with Gasteiger partial charge in [-0.1, -0.05) is 6.07 Å². The van der Waals surface area contributed by atoms with Gasteiger partial charge in [0.25, 0.3) is 0 Å². The molecule has 2 N–H and O–H groups in total. The van der Waals surface area contributed by atoms with Crippen LogP contribution in [-0.2, 0) is 4.74 Å². The number of carboxylic acids is 1. The highest BCUT2D eigenvalue weighted by Gasteiger charge is 2.21. The van der Waals surface area contributed by atoms with Crippen molar-refractivity contribution in [2.75, 3.05) is 6.61 Å². The Morgan fingerprint density at radius 1 is 1.39 bits per heavy atom. The lowest BCUT2D eigenvalue weighted by Gasteiger charge is -2.03. The molecule has 18 heavy (non-hydrogen) atoms. The van der Waals surface area contributed by atoms with Crippen LogP contribution in [0.15, 0.2) is 18.2 Å². The van der Waals surface area contributed by atoms with Gasteiger partial charge in [-0.2, -0.15) is 0 Å². The molecule has 2 rings (SSSR count). The molecular weight excluding hydrogens is 234 g/mol. The van der Waals surface area contributed by atoms with E-state index in [0.717, 1.165) is 0 Å². The molecule has 0 saturated carbocycles. The third-order valence-corrected chi connectivity index (χ3v) is 2.72. The summed E-state index contributed by atoms with van der Waals surface area (Å²) in [7, 11) is 0. The maximum Gasteiger partial charge on any atom is 0.340 e. The number of aryl methyl sites for hydroxylation is 1. The molecule has 94 valence electrons. The van der Waals surface area contributed by atoms with Crippen LogP contribution in [0.1, 0.15) is 33.3 Å². The molecule has 2 aromatic rings. The quantitative estimate of drug-likeness (QED) is 0.816. The Bertz CT molecular complexity index is 627. The maximum absolute atomic E-state index is 11.9. The third-order valence-electron chi connectivity index (χ3n) is 2.72. The van der Waals surface area contributed by atoms with E-state index < -0.39 is 11.9 Å². The number of aromatic carboxylic acids is 1. The van der Waals surface area contributed by atoms with Gasteiger partial charge < -0.3 is 14.8 Å². The SMILES string of the molecule is CCOC(=O)c1c(C)[nH]c2cccc(C(=O)O)c12. The minimum absolute atomic E-state index is 0.0971. The van der Waals surface area contributed by atoms with Gasteiger partial charge in [0.2, 0.25) is 0 Å². The number of rotatable bonds is 3. The number of hydrogen-bond acceptors (Lipinski definition) is 3. The standard InChI is InChI=1S/C13H13NO4/c1-3-18-13(17)10-7(2)14-9-6-4-5-8(11(9)10)12(15)16/h4-6,14H,3H2,1-2H3,(H,15,16). The Hall–Kier alpha value is -2.30. The summed E-state index contributed by atoms with van der Waals surface area (Å²) in [4.78, 5) is 26.1.